The largest absolute Gasteiger partial charge is 0.369 e. The maximum absolute atomic E-state index is 12.5. The van der Waals surface area contributed by atoms with Gasteiger partial charge in [-0.25, -0.2) is 0 Å². The molecule has 1 amide bonds. The summed E-state index contributed by atoms with van der Waals surface area (Å²) >= 11 is 0. The van der Waals surface area contributed by atoms with Gasteiger partial charge in [-0.2, -0.15) is 17.0 Å². The molecular weight excluding hydrogens is 268 g/mol. The van der Waals surface area contributed by atoms with Crippen LogP contribution in [0.15, 0.2) is 0 Å². The second-order valence-electron chi connectivity index (χ2n) is 5.11. The van der Waals surface area contributed by atoms with Gasteiger partial charge in [0.15, 0.2) is 0 Å². The van der Waals surface area contributed by atoms with E-state index >= 15 is 0 Å². The van der Waals surface area contributed by atoms with Gasteiger partial charge in [0.1, 0.15) is 0 Å². The summed E-state index contributed by atoms with van der Waals surface area (Å²) in [5, 5.41) is 3.18. The average molecular weight is 290 g/mol. The van der Waals surface area contributed by atoms with E-state index in [0.29, 0.717) is 39.0 Å². The predicted molar refractivity (Wildman–Crippen MR) is 71.5 cm³/mol. The Hall–Kier alpha value is -0.700. The minimum atomic E-state index is -3.46. The monoisotopic (exact) mass is 290 g/mol. The summed E-state index contributed by atoms with van der Waals surface area (Å²) in [6.45, 7) is 3.24. The molecule has 2 aliphatic rings. The standard InChI is InChI=1S/C11H22N4O3S/c12-11(16)10-3-1-6-15(9-10)19(17,18)14-7-2-4-13-5-8-14/h10,13H,1-9H2,(H2,12,16). The molecule has 1 unspecified atom stereocenters. The van der Waals surface area contributed by atoms with Gasteiger partial charge in [-0.15, -0.1) is 0 Å². The molecule has 0 spiro atoms. The van der Waals surface area contributed by atoms with Gasteiger partial charge in [0, 0.05) is 32.7 Å². The number of carbonyl (C=O) groups excluding carboxylic acids is 1. The van der Waals surface area contributed by atoms with Crippen molar-refractivity contribution in [3.05, 3.63) is 0 Å². The summed E-state index contributed by atoms with van der Waals surface area (Å²) in [5.74, 6) is -0.758. The smallest absolute Gasteiger partial charge is 0.282 e. The van der Waals surface area contributed by atoms with Crippen molar-refractivity contribution in [3.63, 3.8) is 0 Å². The van der Waals surface area contributed by atoms with E-state index in [1.165, 1.54) is 8.61 Å². The summed E-state index contributed by atoms with van der Waals surface area (Å²) in [5.41, 5.74) is 5.29. The lowest BCUT2D eigenvalue weighted by Crippen LogP contribution is -2.50. The van der Waals surface area contributed by atoms with E-state index in [0.717, 1.165) is 13.0 Å². The Morgan fingerprint density at radius 2 is 1.84 bits per heavy atom. The summed E-state index contributed by atoms with van der Waals surface area (Å²) in [7, 11) is -3.46. The molecule has 0 aromatic rings. The van der Waals surface area contributed by atoms with Gasteiger partial charge in [0.05, 0.1) is 5.92 Å². The highest BCUT2D eigenvalue weighted by molar-refractivity contribution is 7.86. The van der Waals surface area contributed by atoms with Crippen molar-refractivity contribution in [2.24, 2.45) is 11.7 Å². The molecule has 2 aliphatic heterocycles. The number of primary amides is 1. The van der Waals surface area contributed by atoms with E-state index in [1.54, 1.807) is 0 Å². The van der Waals surface area contributed by atoms with Crippen molar-refractivity contribution in [2.45, 2.75) is 19.3 Å². The fourth-order valence-corrected chi connectivity index (χ4v) is 4.34. The lowest BCUT2D eigenvalue weighted by atomic mass is 9.99. The Morgan fingerprint density at radius 1 is 1.11 bits per heavy atom. The first-order chi connectivity index (χ1) is 9.01. The lowest BCUT2D eigenvalue weighted by molar-refractivity contribution is -0.122. The fraction of sp³-hybridized carbons (Fsp3) is 0.909. The zero-order valence-corrected chi connectivity index (χ0v) is 11.9. The number of hydrogen-bond acceptors (Lipinski definition) is 4. The van der Waals surface area contributed by atoms with E-state index in [1.807, 2.05) is 0 Å². The third-order valence-corrected chi connectivity index (χ3v) is 5.74. The quantitative estimate of drug-likeness (QED) is 0.677. The SMILES string of the molecule is NC(=O)C1CCCN(S(=O)(=O)N2CCCNCC2)C1. The molecule has 0 bridgehead atoms. The normalized spacial score (nSPS) is 27.9. The number of nitrogens with two attached hydrogens (primary N) is 1. The van der Waals surface area contributed by atoms with Gasteiger partial charge in [0.2, 0.25) is 5.91 Å². The minimum absolute atomic E-state index is 0.224. The van der Waals surface area contributed by atoms with Crippen molar-refractivity contribution in [3.8, 4) is 0 Å². The van der Waals surface area contributed by atoms with Crippen molar-refractivity contribution in [1.82, 2.24) is 13.9 Å². The first kappa shape index (κ1) is 14.7. The van der Waals surface area contributed by atoms with Gasteiger partial charge >= 0.3 is 0 Å². The van der Waals surface area contributed by atoms with Crippen LogP contribution in [0, 0.1) is 5.92 Å². The van der Waals surface area contributed by atoms with Crippen molar-refractivity contribution < 1.29 is 13.2 Å². The van der Waals surface area contributed by atoms with Crippen LogP contribution < -0.4 is 11.1 Å². The number of carbonyl (C=O) groups is 1. The molecule has 2 saturated heterocycles. The van der Waals surface area contributed by atoms with Crippen LogP contribution in [0.25, 0.3) is 0 Å². The molecule has 0 saturated carbocycles. The Labute approximate surface area is 114 Å². The lowest BCUT2D eigenvalue weighted by Gasteiger charge is -2.34. The Morgan fingerprint density at radius 3 is 2.58 bits per heavy atom. The number of nitrogens with zero attached hydrogens (tertiary/aromatic N) is 2. The second kappa shape index (κ2) is 6.17. The van der Waals surface area contributed by atoms with Gasteiger partial charge in [-0.05, 0) is 25.8 Å². The van der Waals surface area contributed by atoms with Crippen LogP contribution in [0.5, 0.6) is 0 Å². The minimum Gasteiger partial charge on any atom is -0.369 e. The number of hydrogen-bond donors (Lipinski definition) is 2. The summed E-state index contributed by atoms with van der Waals surface area (Å²) < 4.78 is 28.0. The molecule has 3 N–H and O–H groups in total. The fourth-order valence-electron chi connectivity index (χ4n) is 2.60. The van der Waals surface area contributed by atoms with Crippen molar-refractivity contribution >= 4 is 16.1 Å². The maximum Gasteiger partial charge on any atom is 0.282 e. The molecule has 7 nitrogen and oxygen atoms in total. The Bertz CT molecular complexity index is 418. The zero-order valence-electron chi connectivity index (χ0n) is 11.0. The summed E-state index contributed by atoms with van der Waals surface area (Å²) in [6, 6.07) is 0. The third-order valence-electron chi connectivity index (χ3n) is 3.74. The van der Waals surface area contributed by atoms with Crippen molar-refractivity contribution in [1.29, 1.82) is 0 Å². The van der Waals surface area contributed by atoms with E-state index in [9.17, 15) is 13.2 Å². The van der Waals surface area contributed by atoms with Gasteiger partial charge < -0.3 is 11.1 Å². The highest BCUT2D eigenvalue weighted by Gasteiger charge is 2.35. The molecule has 0 aromatic carbocycles. The predicted octanol–water partition coefficient (Wildman–Crippen LogP) is -1.28. The number of amides is 1. The number of piperidine rings is 1. The van der Waals surface area contributed by atoms with Gasteiger partial charge in [-0.1, -0.05) is 0 Å². The maximum atomic E-state index is 12.5. The molecule has 0 radical (unpaired) electrons. The summed E-state index contributed by atoms with van der Waals surface area (Å²) in [4.78, 5) is 11.2. The Kier molecular flexibility index (Phi) is 4.77. The van der Waals surface area contributed by atoms with Crippen LogP contribution in [-0.2, 0) is 15.0 Å². The molecule has 0 aromatic heterocycles. The first-order valence-electron chi connectivity index (χ1n) is 6.77. The van der Waals surface area contributed by atoms with Crippen LogP contribution in [0.4, 0.5) is 0 Å². The van der Waals surface area contributed by atoms with Gasteiger partial charge in [-0.3, -0.25) is 4.79 Å². The second-order valence-corrected chi connectivity index (χ2v) is 7.04. The third kappa shape index (κ3) is 3.44. The van der Waals surface area contributed by atoms with Crippen LogP contribution in [-0.4, -0.2) is 62.2 Å². The molecule has 2 heterocycles. The van der Waals surface area contributed by atoms with E-state index < -0.39 is 16.1 Å². The van der Waals surface area contributed by atoms with Crippen LogP contribution in [0.3, 0.4) is 0 Å². The van der Waals surface area contributed by atoms with Crippen LogP contribution >= 0.6 is 0 Å². The molecule has 110 valence electrons. The van der Waals surface area contributed by atoms with Crippen molar-refractivity contribution in [2.75, 3.05) is 39.3 Å². The summed E-state index contributed by atoms with van der Waals surface area (Å²) in [6.07, 6.45) is 2.19. The molecule has 2 fully saturated rings. The van der Waals surface area contributed by atoms with Crippen LogP contribution in [0.1, 0.15) is 19.3 Å². The van der Waals surface area contributed by atoms with Gasteiger partial charge in [0.25, 0.3) is 10.2 Å². The Balaban J connectivity index is 2.07. The van der Waals surface area contributed by atoms with E-state index in [-0.39, 0.29) is 12.5 Å². The number of nitrogens with one attached hydrogen (secondary N) is 1. The molecule has 2 rings (SSSR count). The number of rotatable bonds is 3. The van der Waals surface area contributed by atoms with E-state index in [2.05, 4.69) is 5.32 Å². The topological polar surface area (TPSA) is 95.7 Å². The molecule has 19 heavy (non-hydrogen) atoms. The molecule has 8 heteroatoms. The zero-order chi connectivity index (χ0) is 13.9. The highest BCUT2D eigenvalue weighted by Crippen LogP contribution is 2.21. The molecular formula is C11H22N4O3S. The van der Waals surface area contributed by atoms with Crippen LogP contribution in [0.2, 0.25) is 0 Å². The highest BCUT2D eigenvalue weighted by atomic mass is 32.2. The average Bonchev–Trinajstić information content (AvgIpc) is 2.68. The molecule has 1 atom stereocenters. The van der Waals surface area contributed by atoms with E-state index in [4.69, 9.17) is 5.73 Å². The first-order valence-corrected chi connectivity index (χ1v) is 8.17. The molecule has 0 aliphatic carbocycles.